The van der Waals surface area contributed by atoms with Crippen molar-refractivity contribution in [3.05, 3.63) is 61.8 Å². The van der Waals surface area contributed by atoms with E-state index in [1.165, 1.54) is 23.4 Å². The van der Waals surface area contributed by atoms with Gasteiger partial charge in [-0.15, -0.1) is 0 Å². The molecule has 0 unspecified atom stereocenters. The van der Waals surface area contributed by atoms with Crippen molar-refractivity contribution in [2.24, 2.45) is 13.0 Å². The minimum absolute atomic E-state index is 0.197. The number of hydrogen-bond donors (Lipinski definition) is 0. The Kier molecular flexibility index (Phi) is 6.16. The van der Waals surface area contributed by atoms with Gasteiger partial charge in [0.05, 0.1) is 16.3 Å². The first-order chi connectivity index (χ1) is 15.3. The molecule has 1 aromatic carbocycles. The normalized spacial score (nSPS) is 11.6. The lowest BCUT2D eigenvalue weighted by atomic mass is 10.2. The molecular weight excluding hydrogens is 452 g/mol. The monoisotopic (exact) mass is 472 g/mol. The molecule has 4 aromatic rings. The van der Waals surface area contributed by atoms with Crippen molar-refractivity contribution < 1.29 is 4.52 Å². The number of aromatic nitrogens is 6. The first-order valence-electron chi connectivity index (χ1n) is 9.94. The third-order valence-corrected chi connectivity index (χ3v) is 6.02. The highest BCUT2D eigenvalue weighted by molar-refractivity contribution is 7.98. The molecule has 0 aliphatic heterocycles. The van der Waals surface area contributed by atoms with Gasteiger partial charge in [0.25, 0.3) is 11.4 Å². The Bertz CT molecular complexity index is 1430. The molecule has 0 bridgehead atoms. The fraction of sp³-hybridized carbons (Fsp3) is 0.333. The molecule has 0 N–H and O–H groups in total. The van der Waals surface area contributed by atoms with E-state index in [0.29, 0.717) is 56.5 Å². The summed E-state index contributed by atoms with van der Waals surface area (Å²) in [6.07, 6.45) is 0. The molecule has 0 amide bonds. The zero-order valence-corrected chi connectivity index (χ0v) is 19.6. The van der Waals surface area contributed by atoms with Crippen LogP contribution in [0.3, 0.4) is 0 Å². The average molecular weight is 473 g/mol. The molecule has 0 saturated carbocycles. The van der Waals surface area contributed by atoms with Crippen LogP contribution in [0.15, 0.2) is 43.4 Å². The van der Waals surface area contributed by atoms with Gasteiger partial charge >= 0.3 is 5.69 Å². The summed E-state index contributed by atoms with van der Waals surface area (Å²) in [5.74, 6) is 1.72. The summed E-state index contributed by atoms with van der Waals surface area (Å²) in [5.41, 5.74) is 0.157. The van der Waals surface area contributed by atoms with Crippen molar-refractivity contribution in [2.45, 2.75) is 38.1 Å². The highest BCUT2D eigenvalue weighted by Gasteiger charge is 2.20. The van der Waals surface area contributed by atoms with Gasteiger partial charge in [-0.05, 0) is 25.0 Å². The summed E-state index contributed by atoms with van der Waals surface area (Å²) in [6, 6.07) is 7.20. The topological polar surface area (TPSA) is 109 Å². The molecule has 3 heterocycles. The van der Waals surface area contributed by atoms with E-state index in [4.69, 9.17) is 16.1 Å². The van der Waals surface area contributed by atoms with Gasteiger partial charge in [0.15, 0.2) is 11.5 Å². The Balaban J connectivity index is 1.73. The van der Waals surface area contributed by atoms with E-state index in [2.05, 4.69) is 20.1 Å². The summed E-state index contributed by atoms with van der Waals surface area (Å²) >= 11 is 7.49. The summed E-state index contributed by atoms with van der Waals surface area (Å²) in [4.78, 5) is 39.0. The van der Waals surface area contributed by atoms with Crippen LogP contribution in [0.1, 0.15) is 25.5 Å². The Morgan fingerprint density at radius 3 is 2.62 bits per heavy atom. The second-order valence-corrected chi connectivity index (χ2v) is 9.08. The lowest BCUT2D eigenvalue weighted by Gasteiger charge is -2.15. The van der Waals surface area contributed by atoms with Gasteiger partial charge in [0.1, 0.15) is 16.2 Å². The second kappa shape index (κ2) is 8.87. The Labute approximate surface area is 192 Å². The fourth-order valence-corrected chi connectivity index (χ4v) is 4.38. The highest BCUT2D eigenvalue weighted by Crippen LogP contribution is 2.28. The van der Waals surface area contributed by atoms with E-state index in [9.17, 15) is 9.59 Å². The zero-order valence-electron chi connectivity index (χ0n) is 18.0. The predicted molar refractivity (Wildman–Crippen MR) is 123 cm³/mol. The van der Waals surface area contributed by atoms with Crippen LogP contribution < -0.4 is 11.2 Å². The van der Waals surface area contributed by atoms with Crippen molar-refractivity contribution in [1.29, 1.82) is 0 Å². The number of benzene rings is 1. The molecule has 11 heteroatoms. The van der Waals surface area contributed by atoms with Crippen LogP contribution in [0.2, 0.25) is 5.02 Å². The number of thioether (sulfide) groups is 1. The van der Waals surface area contributed by atoms with E-state index in [1.54, 1.807) is 19.1 Å². The Hall–Kier alpha value is -2.98. The van der Waals surface area contributed by atoms with E-state index in [-0.39, 0.29) is 5.92 Å². The molecule has 4 rings (SSSR count). The number of fused-ring (bicyclic) bond motifs is 1. The van der Waals surface area contributed by atoms with Gasteiger partial charge in [0, 0.05) is 13.6 Å². The number of halogens is 1. The number of hydrogen-bond acceptors (Lipinski definition) is 8. The van der Waals surface area contributed by atoms with Crippen LogP contribution in [-0.4, -0.2) is 29.2 Å². The van der Waals surface area contributed by atoms with Gasteiger partial charge < -0.3 is 4.52 Å². The maximum atomic E-state index is 12.9. The van der Waals surface area contributed by atoms with Crippen molar-refractivity contribution >= 4 is 34.4 Å². The standard InChI is InChI=1S/C21H21ClN6O3S/c1-11(2)9-28-17-16(20(29)27(4)21(28)30)19(24-12(3)23-17)32-10-15-25-18(31-26-15)13-7-5-6-8-14(13)22/h5-8,11H,9-10H2,1-4H3. The lowest BCUT2D eigenvalue weighted by Crippen LogP contribution is -2.39. The third kappa shape index (κ3) is 4.20. The van der Waals surface area contributed by atoms with Crippen molar-refractivity contribution in [3.63, 3.8) is 0 Å². The Morgan fingerprint density at radius 2 is 1.91 bits per heavy atom. The van der Waals surface area contributed by atoms with Gasteiger partial charge in [0.2, 0.25) is 0 Å². The second-order valence-electron chi connectivity index (χ2n) is 7.71. The van der Waals surface area contributed by atoms with Crippen LogP contribution in [0.25, 0.3) is 22.5 Å². The predicted octanol–water partition coefficient (Wildman–Crippen LogP) is 3.45. The quantitative estimate of drug-likeness (QED) is 0.310. The molecular formula is C21H21ClN6O3S. The third-order valence-electron chi connectivity index (χ3n) is 4.72. The van der Waals surface area contributed by atoms with Crippen LogP contribution >= 0.6 is 23.4 Å². The Morgan fingerprint density at radius 1 is 1.16 bits per heavy atom. The molecule has 32 heavy (non-hydrogen) atoms. The van der Waals surface area contributed by atoms with Crippen LogP contribution in [0, 0.1) is 12.8 Å². The number of rotatable bonds is 6. The van der Waals surface area contributed by atoms with E-state index in [1.807, 2.05) is 26.0 Å². The molecule has 0 aliphatic carbocycles. The maximum Gasteiger partial charge on any atom is 0.332 e. The summed E-state index contributed by atoms with van der Waals surface area (Å²) in [5, 5.41) is 5.30. The largest absolute Gasteiger partial charge is 0.334 e. The summed E-state index contributed by atoms with van der Waals surface area (Å²) in [6.45, 7) is 6.17. The maximum absolute atomic E-state index is 12.9. The molecule has 0 radical (unpaired) electrons. The highest BCUT2D eigenvalue weighted by atomic mass is 35.5. The minimum Gasteiger partial charge on any atom is -0.334 e. The smallest absolute Gasteiger partial charge is 0.332 e. The first kappa shape index (κ1) is 22.2. The van der Waals surface area contributed by atoms with E-state index < -0.39 is 11.2 Å². The molecule has 9 nitrogen and oxygen atoms in total. The van der Waals surface area contributed by atoms with Crippen molar-refractivity contribution in [2.75, 3.05) is 0 Å². The summed E-state index contributed by atoms with van der Waals surface area (Å²) < 4.78 is 7.98. The van der Waals surface area contributed by atoms with E-state index in [0.717, 1.165) is 4.57 Å². The molecule has 0 fully saturated rings. The van der Waals surface area contributed by atoms with Gasteiger partial charge in [-0.25, -0.2) is 14.8 Å². The van der Waals surface area contributed by atoms with Crippen molar-refractivity contribution in [1.82, 2.24) is 29.2 Å². The van der Waals surface area contributed by atoms with Crippen LogP contribution in [-0.2, 0) is 19.3 Å². The number of aryl methyl sites for hydroxylation is 1. The van der Waals surface area contributed by atoms with Gasteiger partial charge in [-0.3, -0.25) is 13.9 Å². The molecule has 0 aliphatic rings. The fourth-order valence-electron chi connectivity index (χ4n) is 3.27. The van der Waals surface area contributed by atoms with Crippen LogP contribution in [0.5, 0.6) is 0 Å². The van der Waals surface area contributed by atoms with Gasteiger partial charge in [-0.1, -0.05) is 54.5 Å². The molecule has 166 valence electrons. The van der Waals surface area contributed by atoms with Crippen LogP contribution in [0.4, 0.5) is 0 Å². The minimum atomic E-state index is -0.433. The first-order valence-corrected chi connectivity index (χ1v) is 11.3. The zero-order chi connectivity index (χ0) is 23.0. The molecule has 0 atom stereocenters. The summed E-state index contributed by atoms with van der Waals surface area (Å²) in [7, 11) is 1.46. The van der Waals surface area contributed by atoms with Crippen molar-refractivity contribution in [3.8, 4) is 11.5 Å². The lowest BCUT2D eigenvalue weighted by molar-refractivity contribution is 0.425. The SMILES string of the molecule is Cc1nc(SCc2noc(-c3ccccc3Cl)n2)c2c(=O)n(C)c(=O)n(CC(C)C)c2n1. The molecule has 0 saturated heterocycles. The average Bonchev–Trinajstić information content (AvgIpc) is 3.22. The van der Waals surface area contributed by atoms with Gasteiger partial charge in [-0.2, -0.15) is 4.98 Å². The molecule has 0 spiro atoms. The molecule has 3 aromatic heterocycles. The van der Waals surface area contributed by atoms with E-state index >= 15 is 0 Å². The number of nitrogens with zero attached hydrogens (tertiary/aromatic N) is 6.